The zero-order chi connectivity index (χ0) is 21.7. The van der Waals surface area contributed by atoms with Crippen LogP contribution in [0.5, 0.6) is 5.75 Å². The van der Waals surface area contributed by atoms with Gasteiger partial charge >= 0.3 is 6.61 Å². The third-order valence-corrected chi connectivity index (χ3v) is 5.92. The van der Waals surface area contributed by atoms with Crippen molar-refractivity contribution in [3.63, 3.8) is 0 Å². The van der Waals surface area contributed by atoms with Crippen molar-refractivity contribution in [2.75, 3.05) is 19.5 Å². The maximum atomic E-state index is 12.7. The number of nitrogens with zero attached hydrogens (tertiary/aromatic N) is 1. The molecule has 160 valence electrons. The number of halogens is 2. The molecule has 0 atom stereocenters. The molecule has 1 aliphatic rings. The van der Waals surface area contributed by atoms with E-state index in [1.807, 2.05) is 37.2 Å². The zero-order valence-electron chi connectivity index (χ0n) is 16.7. The number of alkyl halides is 2. The van der Waals surface area contributed by atoms with Gasteiger partial charge in [-0.1, -0.05) is 42.0 Å². The van der Waals surface area contributed by atoms with Gasteiger partial charge in [-0.15, -0.1) is 0 Å². The molecule has 0 N–H and O–H groups in total. The van der Waals surface area contributed by atoms with E-state index < -0.39 is 22.4 Å². The lowest BCUT2D eigenvalue weighted by Gasteiger charge is -2.22. The molecule has 5 nitrogen and oxygen atoms in total. The van der Waals surface area contributed by atoms with Crippen molar-refractivity contribution in [1.82, 2.24) is 4.90 Å². The Hall–Kier alpha value is -2.71. The Morgan fingerprint density at radius 3 is 2.63 bits per heavy atom. The lowest BCUT2D eigenvalue weighted by atomic mass is 10.0. The van der Waals surface area contributed by atoms with Crippen LogP contribution in [-0.4, -0.2) is 39.5 Å². The molecule has 0 aliphatic carbocycles. The van der Waals surface area contributed by atoms with Gasteiger partial charge in [-0.25, -0.2) is 8.42 Å². The SMILES string of the molecule is CC1=CC(c2cccc(S(=O)(=O)COCc3ccccc3OC(F)F)c2)=CN(C)C1. The minimum Gasteiger partial charge on any atom is -0.434 e. The molecular formula is C22H23F2NO4S. The van der Waals surface area contributed by atoms with Crippen molar-refractivity contribution in [2.24, 2.45) is 0 Å². The molecule has 0 spiro atoms. The van der Waals surface area contributed by atoms with Crippen molar-refractivity contribution in [3.8, 4) is 5.75 Å². The summed E-state index contributed by atoms with van der Waals surface area (Å²) in [5, 5.41) is 0. The number of benzene rings is 2. The second-order valence-electron chi connectivity index (χ2n) is 7.09. The van der Waals surface area contributed by atoms with E-state index in [1.165, 1.54) is 17.7 Å². The largest absolute Gasteiger partial charge is 0.434 e. The number of sulfone groups is 1. The van der Waals surface area contributed by atoms with Gasteiger partial charge in [0.2, 0.25) is 9.84 Å². The van der Waals surface area contributed by atoms with Crippen LogP contribution in [0.15, 0.2) is 71.3 Å². The molecule has 2 aromatic carbocycles. The molecule has 1 heterocycles. The Morgan fingerprint density at radius 2 is 1.90 bits per heavy atom. The van der Waals surface area contributed by atoms with Gasteiger partial charge in [0.15, 0.2) is 5.94 Å². The summed E-state index contributed by atoms with van der Waals surface area (Å²) >= 11 is 0. The van der Waals surface area contributed by atoms with E-state index in [2.05, 4.69) is 4.74 Å². The molecule has 0 saturated heterocycles. The van der Waals surface area contributed by atoms with Crippen LogP contribution in [-0.2, 0) is 21.2 Å². The van der Waals surface area contributed by atoms with Crippen LogP contribution in [0.2, 0.25) is 0 Å². The van der Waals surface area contributed by atoms with Gasteiger partial charge in [0.05, 0.1) is 11.5 Å². The Bertz CT molecular complexity index is 1060. The summed E-state index contributed by atoms with van der Waals surface area (Å²) in [6.45, 7) is -0.289. The van der Waals surface area contributed by atoms with Crippen LogP contribution in [0.25, 0.3) is 5.57 Å². The molecular weight excluding hydrogens is 412 g/mol. The number of hydrogen-bond acceptors (Lipinski definition) is 5. The highest BCUT2D eigenvalue weighted by Gasteiger charge is 2.18. The van der Waals surface area contributed by atoms with Crippen molar-refractivity contribution in [2.45, 2.75) is 25.0 Å². The van der Waals surface area contributed by atoms with E-state index in [0.717, 1.165) is 17.7 Å². The Morgan fingerprint density at radius 1 is 1.13 bits per heavy atom. The van der Waals surface area contributed by atoms with Crippen molar-refractivity contribution in [3.05, 3.63) is 77.5 Å². The lowest BCUT2D eigenvalue weighted by Crippen LogP contribution is -2.17. The van der Waals surface area contributed by atoms with Crippen LogP contribution in [0.3, 0.4) is 0 Å². The Labute approximate surface area is 175 Å². The van der Waals surface area contributed by atoms with Crippen LogP contribution in [0.1, 0.15) is 18.1 Å². The quantitative estimate of drug-likeness (QED) is 0.613. The fourth-order valence-electron chi connectivity index (χ4n) is 3.22. The lowest BCUT2D eigenvalue weighted by molar-refractivity contribution is -0.0512. The maximum Gasteiger partial charge on any atom is 0.387 e. The molecule has 0 radical (unpaired) electrons. The highest BCUT2D eigenvalue weighted by molar-refractivity contribution is 7.91. The van der Waals surface area contributed by atoms with Crippen LogP contribution in [0, 0.1) is 0 Å². The standard InChI is InChI=1S/C22H23F2NO4S/c1-16-10-19(13-25(2)12-16)17-7-5-8-20(11-17)30(26,27)15-28-14-18-6-3-4-9-21(18)29-22(23)24/h3-11,13,22H,12,14-15H2,1-2H3. The number of hydrogen-bond donors (Lipinski definition) is 0. The molecule has 2 aromatic rings. The molecule has 0 amide bonds. The summed E-state index contributed by atoms with van der Waals surface area (Å²) < 4.78 is 60.2. The van der Waals surface area contributed by atoms with Gasteiger partial charge in [0, 0.05) is 25.4 Å². The fraction of sp³-hybridized carbons (Fsp3) is 0.273. The first-order valence-corrected chi connectivity index (χ1v) is 10.9. The predicted octanol–water partition coefficient (Wildman–Crippen LogP) is 4.47. The first-order chi connectivity index (χ1) is 14.2. The summed E-state index contributed by atoms with van der Waals surface area (Å²) in [5.41, 5.74) is 3.24. The monoisotopic (exact) mass is 435 g/mol. The second-order valence-corrected chi connectivity index (χ2v) is 9.02. The third-order valence-electron chi connectivity index (χ3n) is 4.47. The minimum absolute atomic E-state index is 0.0394. The molecule has 0 aromatic heterocycles. The van der Waals surface area contributed by atoms with E-state index in [4.69, 9.17) is 4.74 Å². The molecule has 1 aliphatic heterocycles. The normalized spacial score (nSPS) is 14.5. The molecule has 0 saturated carbocycles. The maximum absolute atomic E-state index is 12.7. The molecule has 0 bridgehead atoms. The second kappa shape index (κ2) is 9.40. The Balaban J connectivity index is 1.72. The summed E-state index contributed by atoms with van der Waals surface area (Å²) in [7, 11) is -1.77. The number of rotatable bonds is 8. The van der Waals surface area contributed by atoms with Gasteiger partial charge in [0.1, 0.15) is 5.75 Å². The van der Waals surface area contributed by atoms with Crippen LogP contribution in [0.4, 0.5) is 8.78 Å². The minimum atomic E-state index is -3.73. The zero-order valence-corrected chi connectivity index (χ0v) is 17.5. The average molecular weight is 435 g/mol. The first-order valence-electron chi connectivity index (χ1n) is 9.27. The van der Waals surface area contributed by atoms with Gasteiger partial charge in [-0.3, -0.25) is 0 Å². The smallest absolute Gasteiger partial charge is 0.387 e. The average Bonchev–Trinajstić information content (AvgIpc) is 2.68. The fourth-order valence-corrected chi connectivity index (χ4v) is 4.25. The Kier molecular flexibility index (Phi) is 6.89. The van der Waals surface area contributed by atoms with Crippen molar-refractivity contribution in [1.29, 1.82) is 0 Å². The molecule has 8 heteroatoms. The summed E-state index contributed by atoms with van der Waals surface area (Å²) in [6, 6.07) is 12.8. The van der Waals surface area contributed by atoms with E-state index in [0.29, 0.717) is 5.56 Å². The van der Waals surface area contributed by atoms with E-state index in [-0.39, 0.29) is 17.3 Å². The predicted molar refractivity (Wildman–Crippen MR) is 111 cm³/mol. The first kappa shape index (κ1) is 22.0. The van der Waals surface area contributed by atoms with Gasteiger partial charge < -0.3 is 14.4 Å². The molecule has 0 unspecified atom stereocenters. The van der Waals surface area contributed by atoms with E-state index >= 15 is 0 Å². The summed E-state index contributed by atoms with van der Waals surface area (Å²) in [6.07, 6.45) is 4.00. The van der Waals surface area contributed by atoms with E-state index in [9.17, 15) is 17.2 Å². The van der Waals surface area contributed by atoms with Crippen LogP contribution >= 0.6 is 0 Å². The highest BCUT2D eigenvalue weighted by Crippen LogP contribution is 2.26. The third kappa shape index (κ3) is 5.67. The van der Waals surface area contributed by atoms with Crippen LogP contribution < -0.4 is 4.74 Å². The van der Waals surface area contributed by atoms with Crippen molar-refractivity contribution >= 4 is 15.4 Å². The van der Waals surface area contributed by atoms with Gasteiger partial charge in [-0.2, -0.15) is 8.78 Å². The van der Waals surface area contributed by atoms with Gasteiger partial charge in [-0.05, 0) is 36.3 Å². The molecule has 30 heavy (non-hydrogen) atoms. The number of likely N-dealkylation sites (N-methyl/N-ethyl adjacent to an activating group) is 1. The summed E-state index contributed by atoms with van der Waals surface area (Å²) in [5.74, 6) is -0.616. The number of ether oxygens (including phenoxy) is 2. The number of para-hydroxylation sites is 1. The molecule has 3 rings (SSSR count). The topological polar surface area (TPSA) is 55.8 Å². The number of allylic oxidation sites excluding steroid dienone is 2. The summed E-state index contributed by atoms with van der Waals surface area (Å²) in [4.78, 5) is 2.17. The van der Waals surface area contributed by atoms with E-state index in [1.54, 1.807) is 30.3 Å². The molecule has 0 fully saturated rings. The van der Waals surface area contributed by atoms with Gasteiger partial charge in [0.25, 0.3) is 0 Å². The highest BCUT2D eigenvalue weighted by atomic mass is 32.2. The van der Waals surface area contributed by atoms with Crippen molar-refractivity contribution < 1.29 is 26.7 Å².